The van der Waals surface area contributed by atoms with Gasteiger partial charge in [-0.1, -0.05) is 90.4 Å². The lowest BCUT2D eigenvalue weighted by atomic mass is 9.51. The van der Waals surface area contributed by atoms with Crippen molar-refractivity contribution in [2.75, 3.05) is 26.4 Å². The number of alkyl halides is 4. The molecule has 2 amide bonds. The van der Waals surface area contributed by atoms with E-state index < -0.39 is 187 Å². The molecule has 1 aliphatic carbocycles. The molecule has 0 radical (unpaired) electrons. The van der Waals surface area contributed by atoms with Gasteiger partial charge in [-0.05, 0) is 25.7 Å². The van der Waals surface area contributed by atoms with Crippen LogP contribution in [0.2, 0.25) is 0 Å². The largest absolute Gasteiger partial charge is 0.394 e. The number of primary amides is 2. The summed E-state index contributed by atoms with van der Waals surface area (Å²) in [7, 11) is 0. The molecule has 24 nitrogen and oxygen atoms in total. The second kappa shape index (κ2) is 24.2. The molecular formula is C32H58I4N2O22. The maximum Gasteiger partial charge on any atom is 0.223 e. The Kier molecular flexibility index (Phi) is 23.8. The molecule has 356 valence electrons. The second-order valence-electron chi connectivity index (χ2n) is 15.1. The minimum Gasteiger partial charge on any atom is -0.394 e. The lowest BCUT2D eigenvalue weighted by Gasteiger charge is -2.67. The molecule has 20 unspecified atom stereocenters. The highest BCUT2D eigenvalue weighted by Gasteiger charge is 2.78. The van der Waals surface area contributed by atoms with Gasteiger partial charge in [0.15, 0.2) is 0 Å². The van der Waals surface area contributed by atoms with Gasteiger partial charge in [-0.3, -0.25) is 9.59 Å². The van der Waals surface area contributed by atoms with Crippen LogP contribution in [0.4, 0.5) is 0 Å². The zero-order chi connectivity index (χ0) is 47.2. The number of halogens is 4. The number of rotatable bonds is 26. The molecule has 0 aliphatic heterocycles. The van der Waals surface area contributed by atoms with Crippen LogP contribution in [0.15, 0.2) is 0 Å². The fourth-order valence-electron chi connectivity index (χ4n) is 7.69. The van der Waals surface area contributed by atoms with E-state index in [0.717, 1.165) is 0 Å². The van der Waals surface area contributed by atoms with Crippen molar-refractivity contribution in [3.63, 3.8) is 0 Å². The Labute approximate surface area is 397 Å². The molecule has 0 aromatic carbocycles. The van der Waals surface area contributed by atoms with Crippen LogP contribution < -0.4 is 11.5 Å². The van der Waals surface area contributed by atoms with E-state index in [9.17, 15) is 112 Å². The predicted octanol–water partition coefficient (Wildman–Crippen LogP) is -9.80. The molecule has 20 atom stereocenters. The van der Waals surface area contributed by atoms with E-state index in [1.165, 1.54) is 90.4 Å². The summed E-state index contributed by atoms with van der Waals surface area (Å²) in [5.74, 6) is -7.02. The van der Waals surface area contributed by atoms with Gasteiger partial charge in [0.05, 0.1) is 76.4 Å². The van der Waals surface area contributed by atoms with Crippen molar-refractivity contribution in [1.29, 1.82) is 0 Å². The van der Waals surface area contributed by atoms with Gasteiger partial charge in [0, 0.05) is 0 Å². The van der Waals surface area contributed by atoms with Crippen molar-refractivity contribution in [2.24, 2.45) is 23.3 Å². The minimum absolute atomic E-state index is 1.05. The molecule has 24 N–H and O–H groups in total. The van der Waals surface area contributed by atoms with Crippen LogP contribution >= 0.6 is 90.4 Å². The first kappa shape index (κ1) is 59.1. The fourth-order valence-corrected chi connectivity index (χ4v) is 16.2. The summed E-state index contributed by atoms with van der Waals surface area (Å²) >= 11 is 5.93. The Morgan fingerprint density at radius 2 is 0.483 bits per heavy atom. The number of aliphatic hydroxyl groups excluding tert-OH is 20. The number of carbonyl (C=O) groups is 2. The van der Waals surface area contributed by atoms with Gasteiger partial charge in [0.25, 0.3) is 0 Å². The Bertz CT molecular complexity index is 1190. The molecule has 0 aromatic heterocycles. The molecule has 0 heterocycles. The van der Waals surface area contributed by atoms with Gasteiger partial charge < -0.3 is 114 Å². The third-order valence-electron chi connectivity index (χ3n) is 11.1. The van der Waals surface area contributed by atoms with E-state index >= 15 is 0 Å². The Morgan fingerprint density at radius 1 is 0.350 bits per heavy atom. The maximum atomic E-state index is 14.2. The van der Waals surface area contributed by atoms with Crippen molar-refractivity contribution >= 4 is 102 Å². The van der Waals surface area contributed by atoms with E-state index in [1.807, 2.05) is 0 Å². The van der Waals surface area contributed by atoms with Crippen LogP contribution in [0.25, 0.3) is 0 Å². The number of aliphatic hydroxyl groups is 20. The molecule has 0 bridgehead atoms. The van der Waals surface area contributed by atoms with E-state index in [4.69, 9.17) is 11.5 Å². The highest BCUT2D eigenvalue weighted by Crippen LogP contribution is 2.72. The number of nitrogens with two attached hydrogens (primary N) is 2. The van der Waals surface area contributed by atoms with Crippen LogP contribution in [0.1, 0.15) is 25.7 Å². The van der Waals surface area contributed by atoms with Gasteiger partial charge in [-0.25, -0.2) is 0 Å². The van der Waals surface area contributed by atoms with Crippen LogP contribution in [-0.4, -0.2) is 252 Å². The molecule has 0 spiro atoms. The standard InChI is InChI=1S/C32H58I4N2O22/c33-29(1-9(43)17(51)21(55)13(47)5-39)25(27(37)59)31(35,3-11(45)19(53)23(57)15(49)7-41)32(36,4-12(46)20(54)24(58)16(50)8-42)26(28(38)60)30(29,34)2-10(44)18(52)22(56)14(48)6-40/h9-26,39-58H,1-8H2,(H2,37,59)(H2,38,60). The normalized spacial score (nSPS) is 34.3. The van der Waals surface area contributed by atoms with E-state index in [-0.39, 0.29) is 0 Å². The van der Waals surface area contributed by atoms with Crippen molar-refractivity contribution in [3.8, 4) is 0 Å². The average Bonchev–Trinajstić information content (AvgIpc) is 3.18. The molecule has 1 aliphatic rings. The first-order chi connectivity index (χ1) is 27.4. The van der Waals surface area contributed by atoms with Gasteiger partial charge in [0.1, 0.15) is 73.2 Å². The van der Waals surface area contributed by atoms with Gasteiger partial charge >= 0.3 is 0 Å². The lowest BCUT2D eigenvalue weighted by Crippen LogP contribution is -2.80. The number of hydrogen-bond donors (Lipinski definition) is 22. The van der Waals surface area contributed by atoms with Crippen LogP contribution in [0.5, 0.6) is 0 Å². The fraction of sp³-hybridized carbons (Fsp3) is 0.938. The van der Waals surface area contributed by atoms with Gasteiger partial charge in [0.2, 0.25) is 11.8 Å². The summed E-state index contributed by atoms with van der Waals surface area (Å²) in [6.45, 7) is -4.56. The summed E-state index contributed by atoms with van der Waals surface area (Å²) in [5.41, 5.74) is 12.2. The Balaban J connectivity index is 4.59. The molecule has 0 aromatic rings. The van der Waals surface area contributed by atoms with E-state index in [2.05, 4.69) is 0 Å². The van der Waals surface area contributed by atoms with Gasteiger partial charge in [-0.15, -0.1) is 0 Å². The molecule has 0 saturated heterocycles. The molecule has 28 heteroatoms. The topological polar surface area (TPSA) is 491 Å². The highest BCUT2D eigenvalue weighted by molar-refractivity contribution is 14.1. The van der Waals surface area contributed by atoms with Crippen LogP contribution in [0.3, 0.4) is 0 Å². The van der Waals surface area contributed by atoms with Gasteiger partial charge in [-0.2, -0.15) is 0 Å². The number of hydrogen-bond acceptors (Lipinski definition) is 22. The number of amides is 2. The number of carbonyl (C=O) groups excluding carboxylic acids is 2. The lowest BCUT2D eigenvalue weighted by molar-refractivity contribution is -0.148. The Morgan fingerprint density at radius 3 is 0.600 bits per heavy atom. The molecular weight excluding hydrogens is 1270 g/mol. The van der Waals surface area contributed by atoms with Crippen molar-refractivity contribution in [3.05, 3.63) is 0 Å². The maximum absolute atomic E-state index is 14.2. The first-order valence-electron chi connectivity index (χ1n) is 18.0. The van der Waals surface area contributed by atoms with Crippen molar-refractivity contribution in [1.82, 2.24) is 0 Å². The summed E-state index contributed by atoms with van der Waals surface area (Å²) in [6.07, 6.45) is -40.6. The SMILES string of the molecule is NC(=O)C1C(I)(CC(O)C(O)C(O)C(O)CO)C(I)(CC(O)C(O)C(O)C(O)CO)C(C(N)=O)C(I)(CC(O)C(O)C(O)C(O)CO)C1(I)CC(O)C(O)C(O)C(O)CO. The summed E-state index contributed by atoms with van der Waals surface area (Å²) in [6, 6.07) is 0. The zero-order valence-corrected chi connectivity index (χ0v) is 40.1. The smallest absolute Gasteiger partial charge is 0.223 e. The van der Waals surface area contributed by atoms with E-state index in [0.29, 0.717) is 0 Å². The molecule has 60 heavy (non-hydrogen) atoms. The minimum atomic E-state index is -2.40. The summed E-state index contributed by atoms with van der Waals surface area (Å²) in [4.78, 5) is 28.3. The van der Waals surface area contributed by atoms with Crippen LogP contribution in [0, 0.1) is 11.8 Å². The van der Waals surface area contributed by atoms with E-state index in [1.54, 1.807) is 0 Å². The predicted molar refractivity (Wildman–Crippen MR) is 235 cm³/mol. The molecule has 1 rings (SSSR count). The highest BCUT2D eigenvalue weighted by atomic mass is 127. The quantitative estimate of drug-likeness (QED) is 0.0282. The third kappa shape index (κ3) is 12.3. The average molecular weight is 1330 g/mol. The Hall–Kier alpha value is 1.06. The summed E-state index contributed by atoms with van der Waals surface area (Å²) < 4.78 is -9.49. The molecule has 1 fully saturated rings. The second-order valence-corrected chi connectivity index (χ2v) is 22.8. The summed E-state index contributed by atoms with van der Waals surface area (Å²) in [5, 5.41) is 210. The third-order valence-corrected chi connectivity index (χ3v) is 21.3. The zero-order valence-electron chi connectivity index (χ0n) is 31.5. The van der Waals surface area contributed by atoms with Crippen molar-refractivity contribution < 1.29 is 112 Å². The first-order valence-corrected chi connectivity index (χ1v) is 22.4. The monoisotopic (exact) mass is 1330 g/mol. The van der Waals surface area contributed by atoms with Crippen LogP contribution in [-0.2, 0) is 9.59 Å². The van der Waals surface area contributed by atoms with Crippen molar-refractivity contribution in [2.45, 2.75) is 137 Å². The molecule has 1 saturated carbocycles.